The van der Waals surface area contributed by atoms with Crippen molar-refractivity contribution in [2.24, 2.45) is 0 Å². The SMILES string of the molecule is CC1(Oc2ccccc2[N+](=O)[O-])CCN(CCOc2ccccc2C(F)(F)F)CC1. The lowest BCUT2D eigenvalue weighted by Gasteiger charge is -2.39. The lowest BCUT2D eigenvalue weighted by atomic mass is 9.93. The van der Waals surface area contributed by atoms with Crippen molar-refractivity contribution in [2.75, 3.05) is 26.2 Å². The summed E-state index contributed by atoms with van der Waals surface area (Å²) in [5, 5.41) is 11.2. The van der Waals surface area contributed by atoms with Gasteiger partial charge >= 0.3 is 11.9 Å². The summed E-state index contributed by atoms with van der Waals surface area (Å²) in [5.41, 5.74) is -1.40. The molecule has 3 rings (SSSR count). The second-order valence-electron chi connectivity index (χ2n) is 7.46. The van der Waals surface area contributed by atoms with E-state index < -0.39 is 22.3 Å². The normalized spacial score (nSPS) is 16.8. The van der Waals surface area contributed by atoms with Gasteiger partial charge < -0.3 is 9.47 Å². The molecular weight excluding hydrogens is 401 g/mol. The van der Waals surface area contributed by atoms with Crippen molar-refractivity contribution in [3.8, 4) is 11.5 Å². The first-order valence-corrected chi connectivity index (χ1v) is 9.62. The van der Waals surface area contributed by atoms with E-state index in [1.54, 1.807) is 18.2 Å². The molecule has 1 aliphatic heterocycles. The number of ether oxygens (including phenoxy) is 2. The second kappa shape index (κ2) is 8.91. The summed E-state index contributed by atoms with van der Waals surface area (Å²) in [5.74, 6) is 0.0668. The van der Waals surface area contributed by atoms with E-state index >= 15 is 0 Å². The van der Waals surface area contributed by atoms with Crippen LogP contribution in [0.3, 0.4) is 0 Å². The van der Waals surface area contributed by atoms with E-state index in [-0.39, 0.29) is 23.8 Å². The number of rotatable bonds is 7. The van der Waals surface area contributed by atoms with E-state index in [2.05, 4.69) is 4.90 Å². The Bertz CT molecular complexity index is 881. The third kappa shape index (κ3) is 5.41. The number of alkyl halides is 3. The number of nitrogens with zero attached hydrogens (tertiary/aromatic N) is 2. The molecule has 2 aromatic carbocycles. The number of nitro groups is 1. The predicted octanol–water partition coefficient (Wildman–Crippen LogP) is 4.93. The molecule has 1 saturated heterocycles. The molecule has 0 saturated carbocycles. The highest BCUT2D eigenvalue weighted by molar-refractivity contribution is 5.46. The topological polar surface area (TPSA) is 64.8 Å². The molecule has 0 aromatic heterocycles. The summed E-state index contributed by atoms with van der Waals surface area (Å²) in [6, 6.07) is 11.4. The second-order valence-corrected chi connectivity index (χ2v) is 7.46. The first-order chi connectivity index (χ1) is 14.2. The Hall–Kier alpha value is -2.81. The number of para-hydroxylation sites is 3. The fraction of sp³-hybridized carbons (Fsp3) is 0.429. The van der Waals surface area contributed by atoms with Crippen LogP contribution in [0.4, 0.5) is 18.9 Å². The van der Waals surface area contributed by atoms with Gasteiger partial charge in [0.05, 0.1) is 10.5 Å². The number of piperidine rings is 1. The van der Waals surface area contributed by atoms with E-state index in [9.17, 15) is 23.3 Å². The lowest BCUT2D eigenvalue weighted by molar-refractivity contribution is -0.386. The van der Waals surface area contributed by atoms with Crippen LogP contribution in [0.15, 0.2) is 48.5 Å². The number of hydrogen-bond donors (Lipinski definition) is 0. The van der Waals surface area contributed by atoms with Gasteiger partial charge in [-0.1, -0.05) is 24.3 Å². The maximum absolute atomic E-state index is 13.0. The molecule has 0 N–H and O–H groups in total. The molecule has 0 radical (unpaired) electrons. The Labute approximate surface area is 172 Å². The fourth-order valence-electron chi connectivity index (χ4n) is 3.42. The van der Waals surface area contributed by atoms with Gasteiger partial charge in [-0.05, 0) is 38.0 Å². The van der Waals surface area contributed by atoms with Crippen molar-refractivity contribution in [3.05, 3.63) is 64.2 Å². The molecule has 0 unspecified atom stereocenters. The van der Waals surface area contributed by atoms with E-state index in [1.807, 2.05) is 6.92 Å². The van der Waals surface area contributed by atoms with Gasteiger partial charge in [-0.25, -0.2) is 0 Å². The summed E-state index contributed by atoms with van der Waals surface area (Å²) in [4.78, 5) is 12.8. The number of halogens is 3. The Morgan fingerprint density at radius 1 is 1.07 bits per heavy atom. The van der Waals surface area contributed by atoms with Crippen molar-refractivity contribution in [3.63, 3.8) is 0 Å². The highest BCUT2D eigenvalue weighted by Crippen LogP contribution is 2.36. The average Bonchev–Trinajstić information content (AvgIpc) is 2.69. The van der Waals surface area contributed by atoms with E-state index in [0.29, 0.717) is 32.5 Å². The van der Waals surface area contributed by atoms with Crippen molar-refractivity contribution in [1.29, 1.82) is 0 Å². The molecule has 2 aromatic rings. The summed E-state index contributed by atoms with van der Waals surface area (Å²) in [6.45, 7) is 3.84. The summed E-state index contributed by atoms with van der Waals surface area (Å²) in [6.07, 6.45) is -3.18. The molecular formula is C21H23F3N2O4. The van der Waals surface area contributed by atoms with Crippen molar-refractivity contribution in [2.45, 2.75) is 31.5 Å². The highest BCUT2D eigenvalue weighted by Gasteiger charge is 2.35. The van der Waals surface area contributed by atoms with Gasteiger partial charge in [-0.3, -0.25) is 15.0 Å². The molecule has 0 amide bonds. The van der Waals surface area contributed by atoms with E-state index in [1.165, 1.54) is 24.3 Å². The Morgan fingerprint density at radius 3 is 2.30 bits per heavy atom. The Morgan fingerprint density at radius 2 is 1.67 bits per heavy atom. The molecule has 0 bridgehead atoms. The molecule has 9 heteroatoms. The minimum atomic E-state index is -4.46. The summed E-state index contributed by atoms with van der Waals surface area (Å²) < 4.78 is 50.5. The molecule has 6 nitrogen and oxygen atoms in total. The molecule has 0 atom stereocenters. The van der Waals surface area contributed by atoms with Crippen LogP contribution in [0, 0.1) is 10.1 Å². The van der Waals surface area contributed by atoms with Crippen LogP contribution in [-0.2, 0) is 6.18 Å². The van der Waals surface area contributed by atoms with Gasteiger partial charge in [0.15, 0.2) is 5.75 Å². The maximum Gasteiger partial charge on any atom is 0.419 e. The predicted molar refractivity (Wildman–Crippen MR) is 105 cm³/mol. The van der Waals surface area contributed by atoms with Gasteiger partial charge in [-0.15, -0.1) is 0 Å². The fourth-order valence-corrected chi connectivity index (χ4v) is 3.42. The zero-order valence-corrected chi connectivity index (χ0v) is 16.5. The van der Waals surface area contributed by atoms with Crippen LogP contribution in [0.2, 0.25) is 0 Å². The maximum atomic E-state index is 13.0. The first kappa shape index (κ1) is 21.9. The zero-order chi connectivity index (χ0) is 21.8. The summed E-state index contributed by atoms with van der Waals surface area (Å²) >= 11 is 0. The zero-order valence-electron chi connectivity index (χ0n) is 16.5. The number of hydrogen-bond acceptors (Lipinski definition) is 5. The summed E-state index contributed by atoms with van der Waals surface area (Å²) in [7, 11) is 0. The first-order valence-electron chi connectivity index (χ1n) is 9.62. The van der Waals surface area contributed by atoms with Gasteiger partial charge in [0.25, 0.3) is 0 Å². The van der Waals surface area contributed by atoms with Gasteiger partial charge in [-0.2, -0.15) is 13.2 Å². The van der Waals surface area contributed by atoms with Crippen LogP contribution >= 0.6 is 0 Å². The van der Waals surface area contributed by atoms with Gasteiger partial charge in [0.1, 0.15) is 18.0 Å². The Kier molecular flexibility index (Phi) is 6.50. The third-order valence-corrected chi connectivity index (χ3v) is 5.19. The molecule has 1 aliphatic rings. The minimum Gasteiger partial charge on any atom is -0.492 e. The van der Waals surface area contributed by atoms with Crippen LogP contribution in [-0.4, -0.2) is 41.7 Å². The number of benzene rings is 2. The quantitative estimate of drug-likeness (QED) is 0.466. The molecule has 162 valence electrons. The molecule has 1 fully saturated rings. The van der Waals surface area contributed by atoms with Crippen LogP contribution in [0.25, 0.3) is 0 Å². The molecule has 1 heterocycles. The van der Waals surface area contributed by atoms with Crippen LogP contribution in [0.5, 0.6) is 11.5 Å². The van der Waals surface area contributed by atoms with Crippen molar-refractivity contribution in [1.82, 2.24) is 4.90 Å². The smallest absolute Gasteiger partial charge is 0.419 e. The van der Waals surface area contributed by atoms with Crippen molar-refractivity contribution < 1.29 is 27.6 Å². The van der Waals surface area contributed by atoms with Crippen LogP contribution in [0.1, 0.15) is 25.3 Å². The molecule has 0 spiro atoms. The molecule has 0 aliphatic carbocycles. The molecule has 30 heavy (non-hydrogen) atoms. The van der Waals surface area contributed by atoms with Gasteiger partial charge in [0, 0.05) is 25.7 Å². The van der Waals surface area contributed by atoms with Crippen molar-refractivity contribution >= 4 is 5.69 Å². The monoisotopic (exact) mass is 424 g/mol. The van der Waals surface area contributed by atoms with E-state index in [4.69, 9.17) is 9.47 Å². The standard InChI is InChI=1S/C21H23F3N2O4/c1-20(30-19-9-5-3-7-17(19)26(27)28)10-12-25(13-11-20)14-15-29-18-8-4-2-6-16(18)21(22,23)24/h2-9H,10-15H2,1H3. The number of likely N-dealkylation sites (tertiary alicyclic amines) is 1. The van der Waals surface area contributed by atoms with Crippen LogP contribution < -0.4 is 9.47 Å². The van der Waals surface area contributed by atoms with E-state index in [0.717, 1.165) is 6.07 Å². The highest BCUT2D eigenvalue weighted by atomic mass is 19.4. The minimum absolute atomic E-state index is 0.0714. The lowest BCUT2D eigenvalue weighted by Crippen LogP contribution is -2.47. The Balaban J connectivity index is 1.51. The average molecular weight is 424 g/mol. The van der Waals surface area contributed by atoms with Gasteiger partial charge in [0.2, 0.25) is 0 Å². The largest absolute Gasteiger partial charge is 0.492 e. The third-order valence-electron chi connectivity index (χ3n) is 5.19. The number of nitro benzene ring substituents is 1.